The Balaban J connectivity index is 2.54. The second kappa shape index (κ2) is 4.99. The molecule has 86 valence electrons. The van der Waals surface area contributed by atoms with Crippen LogP contribution in [0.1, 0.15) is 39.4 Å². The molecule has 0 saturated carbocycles. The first-order chi connectivity index (χ1) is 6.93. The molecule has 1 aromatic rings. The van der Waals surface area contributed by atoms with Gasteiger partial charge >= 0.3 is 0 Å². The molecule has 0 aliphatic carbocycles. The van der Waals surface area contributed by atoms with Crippen LogP contribution in [-0.4, -0.2) is 21.9 Å². The smallest absolute Gasteiger partial charge is 0.236 e. The molecule has 0 aromatic carbocycles. The standard InChI is InChI=1S/C10H19N3OS/c1-7(5-11)15-6-8-12-9(13-14-8)10(2,3)4/h7H,5-6,11H2,1-4H3. The van der Waals surface area contributed by atoms with Gasteiger partial charge in [0.25, 0.3) is 0 Å². The molecule has 1 heterocycles. The lowest BCUT2D eigenvalue weighted by Gasteiger charge is -2.10. The molecule has 1 atom stereocenters. The Kier molecular flexibility index (Phi) is 4.16. The van der Waals surface area contributed by atoms with E-state index in [0.29, 0.717) is 17.7 Å². The summed E-state index contributed by atoms with van der Waals surface area (Å²) >= 11 is 1.73. The Labute approximate surface area is 95.0 Å². The van der Waals surface area contributed by atoms with Gasteiger partial charge in [-0.1, -0.05) is 32.9 Å². The van der Waals surface area contributed by atoms with Crippen molar-refractivity contribution in [3.05, 3.63) is 11.7 Å². The summed E-state index contributed by atoms with van der Waals surface area (Å²) in [6, 6.07) is 0. The molecule has 0 bridgehead atoms. The van der Waals surface area contributed by atoms with Gasteiger partial charge in [-0.15, -0.1) is 11.8 Å². The second-order valence-electron chi connectivity index (χ2n) is 4.62. The molecule has 0 amide bonds. The Hall–Kier alpha value is -0.550. The van der Waals surface area contributed by atoms with Crippen molar-refractivity contribution in [2.24, 2.45) is 5.73 Å². The van der Waals surface area contributed by atoms with Crippen LogP contribution in [0.2, 0.25) is 0 Å². The van der Waals surface area contributed by atoms with Crippen molar-refractivity contribution in [3.63, 3.8) is 0 Å². The van der Waals surface area contributed by atoms with Crippen LogP contribution in [0.25, 0.3) is 0 Å². The zero-order valence-electron chi connectivity index (χ0n) is 9.78. The predicted molar refractivity (Wildman–Crippen MR) is 62.8 cm³/mol. The van der Waals surface area contributed by atoms with E-state index in [1.165, 1.54) is 0 Å². The summed E-state index contributed by atoms with van der Waals surface area (Å²) in [6.07, 6.45) is 0. The molecule has 1 aromatic heterocycles. The number of hydrogen-bond donors (Lipinski definition) is 1. The second-order valence-corrected chi connectivity index (χ2v) is 6.05. The largest absolute Gasteiger partial charge is 0.338 e. The van der Waals surface area contributed by atoms with Crippen LogP contribution < -0.4 is 5.73 Å². The van der Waals surface area contributed by atoms with E-state index in [2.05, 4.69) is 37.8 Å². The third-order valence-corrected chi connectivity index (χ3v) is 3.14. The highest BCUT2D eigenvalue weighted by Crippen LogP contribution is 2.21. The van der Waals surface area contributed by atoms with Crippen LogP contribution in [0.3, 0.4) is 0 Å². The lowest BCUT2D eigenvalue weighted by Crippen LogP contribution is -2.14. The molecule has 0 spiro atoms. The minimum absolute atomic E-state index is 0.0497. The van der Waals surface area contributed by atoms with Gasteiger partial charge in [0.05, 0.1) is 5.75 Å². The Morgan fingerprint density at radius 2 is 2.13 bits per heavy atom. The number of thioether (sulfide) groups is 1. The Morgan fingerprint density at radius 3 is 2.60 bits per heavy atom. The molecule has 0 aliphatic heterocycles. The lowest BCUT2D eigenvalue weighted by atomic mass is 9.96. The van der Waals surface area contributed by atoms with Gasteiger partial charge in [-0.2, -0.15) is 4.98 Å². The molecule has 0 fully saturated rings. The van der Waals surface area contributed by atoms with Gasteiger partial charge in [-0.3, -0.25) is 0 Å². The van der Waals surface area contributed by atoms with E-state index in [1.54, 1.807) is 11.8 Å². The number of nitrogens with zero attached hydrogens (tertiary/aromatic N) is 2. The van der Waals surface area contributed by atoms with E-state index < -0.39 is 0 Å². The fraction of sp³-hybridized carbons (Fsp3) is 0.800. The SMILES string of the molecule is CC(CN)SCc1nc(C(C)(C)C)no1. The lowest BCUT2D eigenvalue weighted by molar-refractivity contribution is 0.372. The van der Waals surface area contributed by atoms with Crippen molar-refractivity contribution < 1.29 is 4.52 Å². The summed E-state index contributed by atoms with van der Waals surface area (Å²) in [5.41, 5.74) is 5.47. The maximum absolute atomic E-state index is 5.52. The minimum Gasteiger partial charge on any atom is -0.338 e. The van der Waals surface area contributed by atoms with Crippen LogP contribution in [-0.2, 0) is 11.2 Å². The van der Waals surface area contributed by atoms with Gasteiger partial charge in [0.15, 0.2) is 5.82 Å². The average Bonchev–Trinajstić information content (AvgIpc) is 2.61. The summed E-state index contributed by atoms with van der Waals surface area (Å²) in [5, 5.41) is 4.39. The van der Waals surface area contributed by atoms with Gasteiger partial charge in [0, 0.05) is 17.2 Å². The molecule has 15 heavy (non-hydrogen) atoms. The van der Waals surface area contributed by atoms with Gasteiger partial charge < -0.3 is 10.3 Å². The summed E-state index contributed by atoms with van der Waals surface area (Å²) in [5.74, 6) is 2.19. The summed E-state index contributed by atoms with van der Waals surface area (Å²) < 4.78 is 5.16. The van der Waals surface area contributed by atoms with Crippen molar-refractivity contribution in [1.82, 2.24) is 10.1 Å². The first kappa shape index (κ1) is 12.5. The molecule has 2 N–H and O–H groups in total. The fourth-order valence-electron chi connectivity index (χ4n) is 0.900. The van der Waals surface area contributed by atoms with Crippen molar-refractivity contribution in [3.8, 4) is 0 Å². The van der Waals surface area contributed by atoms with Crippen molar-refractivity contribution in [1.29, 1.82) is 0 Å². The number of nitrogens with two attached hydrogens (primary N) is 1. The first-order valence-corrected chi connectivity index (χ1v) is 6.13. The molecule has 1 rings (SSSR count). The monoisotopic (exact) mass is 229 g/mol. The Bertz CT molecular complexity index is 306. The average molecular weight is 229 g/mol. The molecule has 0 radical (unpaired) electrons. The summed E-state index contributed by atoms with van der Waals surface area (Å²) in [7, 11) is 0. The first-order valence-electron chi connectivity index (χ1n) is 5.08. The van der Waals surface area contributed by atoms with Gasteiger partial charge in [-0.25, -0.2) is 0 Å². The number of hydrogen-bond acceptors (Lipinski definition) is 5. The van der Waals surface area contributed by atoms with E-state index in [9.17, 15) is 0 Å². The van der Waals surface area contributed by atoms with Gasteiger partial charge in [0.1, 0.15) is 0 Å². The predicted octanol–water partition coefficient (Wildman–Crippen LogP) is 1.95. The highest BCUT2D eigenvalue weighted by atomic mass is 32.2. The highest BCUT2D eigenvalue weighted by Gasteiger charge is 2.20. The number of aromatic nitrogens is 2. The van der Waals surface area contributed by atoms with E-state index in [-0.39, 0.29) is 5.41 Å². The maximum Gasteiger partial charge on any atom is 0.236 e. The van der Waals surface area contributed by atoms with Crippen LogP contribution in [0.5, 0.6) is 0 Å². The van der Waals surface area contributed by atoms with E-state index in [1.807, 2.05) is 0 Å². The van der Waals surface area contributed by atoms with E-state index >= 15 is 0 Å². The summed E-state index contributed by atoms with van der Waals surface area (Å²) in [6.45, 7) is 8.96. The van der Waals surface area contributed by atoms with Crippen LogP contribution in [0, 0.1) is 0 Å². The van der Waals surface area contributed by atoms with Crippen LogP contribution in [0.15, 0.2) is 4.52 Å². The topological polar surface area (TPSA) is 64.9 Å². The molecular formula is C10H19N3OS. The summed E-state index contributed by atoms with van der Waals surface area (Å²) in [4.78, 5) is 4.35. The zero-order chi connectivity index (χ0) is 11.5. The molecule has 4 nitrogen and oxygen atoms in total. The van der Waals surface area contributed by atoms with Crippen molar-refractivity contribution >= 4 is 11.8 Å². The van der Waals surface area contributed by atoms with Crippen molar-refractivity contribution in [2.45, 2.75) is 44.1 Å². The molecule has 0 saturated heterocycles. The minimum atomic E-state index is -0.0497. The highest BCUT2D eigenvalue weighted by molar-refractivity contribution is 7.99. The number of rotatable bonds is 4. The molecule has 0 aliphatic rings. The van der Waals surface area contributed by atoms with E-state index in [4.69, 9.17) is 10.3 Å². The van der Waals surface area contributed by atoms with Crippen LogP contribution >= 0.6 is 11.8 Å². The van der Waals surface area contributed by atoms with Gasteiger partial charge in [-0.05, 0) is 0 Å². The van der Waals surface area contributed by atoms with Crippen molar-refractivity contribution in [2.75, 3.05) is 6.54 Å². The normalized spacial score (nSPS) is 14.2. The molecular weight excluding hydrogens is 210 g/mol. The molecule has 5 heteroatoms. The third-order valence-electron chi connectivity index (χ3n) is 1.96. The van der Waals surface area contributed by atoms with Gasteiger partial charge in [0.2, 0.25) is 5.89 Å². The zero-order valence-corrected chi connectivity index (χ0v) is 10.6. The quantitative estimate of drug-likeness (QED) is 0.854. The third kappa shape index (κ3) is 3.83. The Morgan fingerprint density at radius 1 is 1.47 bits per heavy atom. The molecule has 1 unspecified atom stereocenters. The van der Waals surface area contributed by atoms with Crippen LogP contribution in [0.4, 0.5) is 0 Å². The maximum atomic E-state index is 5.52. The fourth-order valence-corrected chi connectivity index (χ4v) is 1.58. The van der Waals surface area contributed by atoms with E-state index in [0.717, 1.165) is 11.6 Å².